The van der Waals surface area contributed by atoms with Crippen molar-refractivity contribution in [1.82, 2.24) is 19.7 Å². The Bertz CT molecular complexity index is 1190. The van der Waals surface area contributed by atoms with Crippen LogP contribution in [0, 0.1) is 6.92 Å². The fraction of sp³-hybridized carbons (Fsp3) is 0.250. The van der Waals surface area contributed by atoms with Crippen LogP contribution in [0.2, 0.25) is 0 Å². The van der Waals surface area contributed by atoms with E-state index in [1.807, 2.05) is 29.8 Å². The largest absolute Gasteiger partial charge is 0.454 e. The number of ether oxygens (including phenoxy) is 2. The molecular weight excluding hydrogens is 408 g/mol. The van der Waals surface area contributed by atoms with Crippen molar-refractivity contribution in [2.75, 3.05) is 13.8 Å². The molecular formula is C24H24N4O2S. The van der Waals surface area contributed by atoms with E-state index in [4.69, 9.17) is 14.6 Å². The van der Waals surface area contributed by atoms with E-state index in [0.29, 0.717) is 0 Å². The number of benzene rings is 2. The Morgan fingerprint density at radius 1 is 1.06 bits per heavy atom. The Morgan fingerprint density at radius 3 is 2.71 bits per heavy atom. The molecule has 4 aromatic rings. The molecule has 0 aliphatic carbocycles. The monoisotopic (exact) mass is 432 g/mol. The van der Waals surface area contributed by atoms with E-state index >= 15 is 0 Å². The highest BCUT2D eigenvalue weighted by Gasteiger charge is 2.19. The topological polar surface area (TPSA) is 52.4 Å². The fourth-order valence-corrected chi connectivity index (χ4v) is 4.42. The lowest BCUT2D eigenvalue weighted by atomic mass is 10.1. The molecule has 0 amide bonds. The summed E-state index contributed by atoms with van der Waals surface area (Å²) < 4.78 is 13.1. The molecule has 2 aromatic heterocycles. The minimum atomic E-state index is 0.268. The van der Waals surface area contributed by atoms with Crippen molar-refractivity contribution in [3.8, 4) is 22.8 Å². The minimum absolute atomic E-state index is 0.268. The highest BCUT2D eigenvalue weighted by molar-refractivity contribution is 7.09. The first-order valence-electron chi connectivity index (χ1n) is 10.2. The quantitative estimate of drug-likeness (QED) is 0.423. The number of aryl methyl sites for hydroxylation is 1. The van der Waals surface area contributed by atoms with Crippen molar-refractivity contribution in [3.63, 3.8) is 0 Å². The van der Waals surface area contributed by atoms with Crippen molar-refractivity contribution in [1.29, 1.82) is 0 Å². The molecule has 0 fully saturated rings. The van der Waals surface area contributed by atoms with E-state index in [0.717, 1.165) is 53.1 Å². The molecule has 3 heterocycles. The van der Waals surface area contributed by atoms with Crippen LogP contribution in [-0.2, 0) is 19.6 Å². The van der Waals surface area contributed by atoms with Crippen molar-refractivity contribution in [3.05, 3.63) is 81.9 Å². The van der Waals surface area contributed by atoms with Crippen LogP contribution in [0.1, 0.15) is 21.8 Å². The molecule has 0 saturated carbocycles. The molecule has 1 aliphatic heterocycles. The van der Waals surface area contributed by atoms with E-state index in [1.165, 1.54) is 11.1 Å². The van der Waals surface area contributed by atoms with Crippen LogP contribution in [0.4, 0.5) is 0 Å². The number of rotatable bonds is 7. The second-order valence-electron chi connectivity index (χ2n) is 7.78. The smallest absolute Gasteiger partial charge is 0.231 e. The van der Waals surface area contributed by atoms with E-state index in [-0.39, 0.29) is 6.79 Å². The van der Waals surface area contributed by atoms with Crippen LogP contribution in [0.15, 0.2) is 60.1 Å². The number of nitrogens with zero attached hydrogens (tertiary/aromatic N) is 4. The maximum Gasteiger partial charge on any atom is 0.231 e. The number of thiazole rings is 1. The molecule has 0 saturated heterocycles. The highest BCUT2D eigenvalue weighted by atomic mass is 32.1. The molecule has 0 atom stereocenters. The Morgan fingerprint density at radius 2 is 1.90 bits per heavy atom. The molecule has 1 aliphatic rings. The Balaban J connectivity index is 1.44. The maximum atomic E-state index is 5.59. The minimum Gasteiger partial charge on any atom is -0.454 e. The third-order valence-corrected chi connectivity index (χ3v) is 6.03. The van der Waals surface area contributed by atoms with Gasteiger partial charge in [-0.2, -0.15) is 5.10 Å². The van der Waals surface area contributed by atoms with Gasteiger partial charge in [0.05, 0.1) is 22.9 Å². The third kappa shape index (κ3) is 4.47. The molecule has 31 heavy (non-hydrogen) atoms. The average molecular weight is 433 g/mol. The number of hydrogen-bond donors (Lipinski definition) is 0. The lowest BCUT2D eigenvalue weighted by Gasteiger charge is -2.15. The van der Waals surface area contributed by atoms with Gasteiger partial charge in [0.2, 0.25) is 6.79 Å². The molecule has 0 bridgehead atoms. The zero-order valence-electron chi connectivity index (χ0n) is 17.6. The molecule has 0 unspecified atom stereocenters. The predicted molar refractivity (Wildman–Crippen MR) is 121 cm³/mol. The first-order valence-corrected chi connectivity index (χ1v) is 11.1. The first kappa shape index (κ1) is 19.8. The summed E-state index contributed by atoms with van der Waals surface area (Å²) in [5, 5.41) is 8.17. The predicted octanol–water partition coefficient (Wildman–Crippen LogP) is 4.72. The van der Waals surface area contributed by atoms with Gasteiger partial charge >= 0.3 is 0 Å². The molecule has 0 spiro atoms. The van der Waals surface area contributed by atoms with Crippen molar-refractivity contribution in [2.45, 2.75) is 26.6 Å². The van der Waals surface area contributed by atoms with E-state index in [1.54, 1.807) is 11.3 Å². The average Bonchev–Trinajstić information content (AvgIpc) is 3.48. The molecule has 7 heteroatoms. The van der Waals surface area contributed by atoms with Gasteiger partial charge in [0.25, 0.3) is 0 Å². The second-order valence-corrected chi connectivity index (χ2v) is 8.85. The summed E-state index contributed by atoms with van der Waals surface area (Å²) >= 11 is 1.69. The summed E-state index contributed by atoms with van der Waals surface area (Å²) in [5.74, 6) is 1.55. The summed E-state index contributed by atoms with van der Waals surface area (Å²) in [6.07, 6.45) is 2.15. The van der Waals surface area contributed by atoms with Crippen LogP contribution in [-0.4, -0.2) is 33.5 Å². The standard InChI is InChI=1S/C24H24N4O2S/c1-17-25-21(15-31-17)14-27(2)12-20-13-28(11-18-6-4-3-5-7-18)26-24(20)19-8-9-22-23(10-19)30-16-29-22/h3-10,13,15H,11-12,14,16H2,1-2H3. The van der Waals surface area contributed by atoms with Crippen LogP contribution in [0.3, 0.4) is 0 Å². The van der Waals surface area contributed by atoms with Gasteiger partial charge in [0.15, 0.2) is 11.5 Å². The fourth-order valence-electron chi connectivity index (χ4n) is 3.82. The maximum absolute atomic E-state index is 5.59. The Hall–Kier alpha value is -3.16. The zero-order chi connectivity index (χ0) is 21.2. The van der Waals surface area contributed by atoms with Gasteiger partial charge in [-0.25, -0.2) is 4.98 Å². The van der Waals surface area contributed by atoms with E-state index < -0.39 is 0 Å². The zero-order valence-corrected chi connectivity index (χ0v) is 18.4. The Kier molecular flexibility index (Phi) is 5.44. The summed E-state index contributed by atoms with van der Waals surface area (Å²) in [6, 6.07) is 16.4. The SMILES string of the molecule is Cc1nc(CN(C)Cc2cn(Cc3ccccc3)nc2-c2ccc3c(c2)OCO3)cs1. The summed E-state index contributed by atoms with van der Waals surface area (Å²) in [6.45, 7) is 4.61. The molecule has 0 radical (unpaired) electrons. The van der Waals surface area contributed by atoms with Gasteiger partial charge in [0, 0.05) is 35.8 Å². The first-order chi connectivity index (χ1) is 15.1. The van der Waals surface area contributed by atoms with Crippen molar-refractivity contribution in [2.24, 2.45) is 0 Å². The Labute approximate surface area is 185 Å². The highest BCUT2D eigenvalue weighted by Crippen LogP contribution is 2.36. The summed E-state index contributed by atoms with van der Waals surface area (Å²) in [4.78, 5) is 6.87. The van der Waals surface area contributed by atoms with Crippen LogP contribution >= 0.6 is 11.3 Å². The van der Waals surface area contributed by atoms with Crippen LogP contribution < -0.4 is 9.47 Å². The summed E-state index contributed by atoms with van der Waals surface area (Å²) in [5.41, 5.74) is 5.50. The number of hydrogen-bond acceptors (Lipinski definition) is 6. The van der Waals surface area contributed by atoms with Gasteiger partial charge < -0.3 is 9.47 Å². The van der Waals surface area contributed by atoms with Gasteiger partial charge in [-0.1, -0.05) is 30.3 Å². The summed E-state index contributed by atoms with van der Waals surface area (Å²) in [7, 11) is 2.12. The van der Waals surface area contributed by atoms with Gasteiger partial charge in [0.1, 0.15) is 0 Å². The van der Waals surface area contributed by atoms with Crippen molar-refractivity contribution >= 4 is 11.3 Å². The van der Waals surface area contributed by atoms with Gasteiger partial charge in [-0.05, 0) is 37.7 Å². The molecule has 6 nitrogen and oxygen atoms in total. The third-order valence-electron chi connectivity index (χ3n) is 5.21. The lowest BCUT2D eigenvalue weighted by molar-refractivity contribution is 0.174. The van der Waals surface area contributed by atoms with Crippen molar-refractivity contribution < 1.29 is 9.47 Å². The van der Waals surface area contributed by atoms with E-state index in [2.05, 4.69) is 58.8 Å². The second kappa shape index (κ2) is 8.53. The number of fused-ring (bicyclic) bond motifs is 1. The van der Waals surface area contributed by atoms with Crippen LogP contribution in [0.25, 0.3) is 11.3 Å². The molecule has 0 N–H and O–H groups in total. The van der Waals surface area contributed by atoms with E-state index in [9.17, 15) is 0 Å². The van der Waals surface area contributed by atoms with Gasteiger partial charge in [-0.15, -0.1) is 11.3 Å². The van der Waals surface area contributed by atoms with Gasteiger partial charge in [-0.3, -0.25) is 9.58 Å². The lowest BCUT2D eigenvalue weighted by Crippen LogP contribution is -2.17. The number of aromatic nitrogens is 3. The molecule has 2 aromatic carbocycles. The molecule has 5 rings (SSSR count). The normalized spacial score (nSPS) is 12.6. The molecule has 158 valence electrons. The van der Waals surface area contributed by atoms with Crippen LogP contribution in [0.5, 0.6) is 11.5 Å².